The van der Waals surface area contributed by atoms with Crippen molar-refractivity contribution in [2.45, 2.75) is 0 Å². The largest absolute Gasteiger partial charge is 0.344 e. The SMILES string of the molecule is Fc1cc(F)cc(-c2nc(I)c[nH]2)c1. The van der Waals surface area contributed by atoms with Gasteiger partial charge >= 0.3 is 0 Å². The van der Waals surface area contributed by atoms with Crippen LogP contribution in [0.15, 0.2) is 24.4 Å². The Labute approximate surface area is 92.5 Å². The molecule has 0 spiro atoms. The van der Waals surface area contributed by atoms with Gasteiger partial charge in [-0.25, -0.2) is 13.8 Å². The maximum Gasteiger partial charge on any atom is 0.138 e. The highest BCUT2D eigenvalue weighted by Crippen LogP contribution is 2.18. The van der Waals surface area contributed by atoms with Crippen LogP contribution in [0.25, 0.3) is 11.4 Å². The third-order valence-electron chi connectivity index (χ3n) is 1.68. The number of aromatic amines is 1. The molecule has 0 saturated heterocycles. The van der Waals surface area contributed by atoms with Gasteiger partial charge in [0.05, 0.1) is 0 Å². The standard InChI is InChI=1S/C9H5F2IN2/c10-6-1-5(2-7(11)3-6)9-13-4-8(12)14-9/h1-4H,(H,13,14). The Morgan fingerprint density at radius 1 is 1.14 bits per heavy atom. The average Bonchev–Trinajstić information content (AvgIpc) is 2.50. The topological polar surface area (TPSA) is 28.7 Å². The monoisotopic (exact) mass is 306 g/mol. The van der Waals surface area contributed by atoms with Gasteiger partial charge in [0.25, 0.3) is 0 Å². The van der Waals surface area contributed by atoms with Crippen LogP contribution in [0.1, 0.15) is 0 Å². The van der Waals surface area contributed by atoms with E-state index in [1.807, 2.05) is 22.6 Å². The second-order valence-electron chi connectivity index (χ2n) is 2.73. The van der Waals surface area contributed by atoms with Crippen molar-refractivity contribution in [2.24, 2.45) is 0 Å². The van der Waals surface area contributed by atoms with Gasteiger partial charge in [-0.15, -0.1) is 0 Å². The molecule has 5 heteroatoms. The summed E-state index contributed by atoms with van der Waals surface area (Å²) in [6.07, 6.45) is 1.67. The van der Waals surface area contributed by atoms with Crippen LogP contribution < -0.4 is 0 Å². The second-order valence-corrected chi connectivity index (χ2v) is 3.84. The first-order valence-corrected chi connectivity index (χ1v) is 4.90. The molecule has 0 unspecified atom stereocenters. The van der Waals surface area contributed by atoms with Gasteiger partial charge in [0.1, 0.15) is 21.2 Å². The van der Waals surface area contributed by atoms with Gasteiger partial charge in [0.2, 0.25) is 0 Å². The quantitative estimate of drug-likeness (QED) is 0.806. The Bertz CT molecular complexity index is 447. The van der Waals surface area contributed by atoms with E-state index >= 15 is 0 Å². The first-order valence-electron chi connectivity index (χ1n) is 3.82. The Hall–Kier alpha value is -0.980. The molecule has 0 fully saturated rings. The van der Waals surface area contributed by atoms with Crippen molar-refractivity contribution in [1.29, 1.82) is 0 Å². The van der Waals surface area contributed by atoms with E-state index in [-0.39, 0.29) is 0 Å². The highest BCUT2D eigenvalue weighted by atomic mass is 127. The van der Waals surface area contributed by atoms with Gasteiger partial charge in [-0.3, -0.25) is 0 Å². The molecule has 0 aliphatic rings. The minimum atomic E-state index is -0.605. The highest BCUT2D eigenvalue weighted by Gasteiger charge is 2.05. The molecule has 1 N–H and O–H groups in total. The van der Waals surface area contributed by atoms with Crippen molar-refractivity contribution in [1.82, 2.24) is 9.97 Å². The fraction of sp³-hybridized carbons (Fsp3) is 0. The maximum absolute atomic E-state index is 12.8. The summed E-state index contributed by atoms with van der Waals surface area (Å²) in [5, 5.41) is 0. The van der Waals surface area contributed by atoms with Gasteiger partial charge in [-0.05, 0) is 34.7 Å². The number of nitrogens with zero attached hydrogens (tertiary/aromatic N) is 1. The molecule has 72 valence electrons. The number of imidazole rings is 1. The summed E-state index contributed by atoms with van der Waals surface area (Å²) in [5.74, 6) is -0.745. The van der Waals surface area contributed by atoms with Crippen molar-refractivity contribution >= 4 is 22.6 Å². The second kappa shape index (κ2) is 3.64. The van der Waals surface area contributed by atoms with Crippen LogP contribution in [0.5, 0.6) is 0 Å². The molecule has 1 heterocycles. The lowest BCUT2D eigenvalue weighted by molar-refractivity contribution is 0.584. The maximum atomic E-state index is 12.8. The smallest absolute Gasteiger partial charge is 0.138 e. The van der Waals surface area contributed by atoms with Crippen LogP contribution in [-0.4, -0.2) is 9.97 Å². The van der Waals surface area contributed by atoms with Crippen molar-refractivity contribution in [3.05, 3.63) is 39.7 Å². The van der Waals surface area contributed by atoms with Gasteiger partial charge < -0.3 is 4.98 Å². The average molecular weight is 306 g/mol. The fourth-order valence-corrected chi connectivity index (χ4v) is 1.53. The van der Waals surface area contributed by atoms with Crippen LogP contribution in [0.3, 0.4) is 0 Å². The van der Waals surface area contributed by atoms with Crippen molar-refractivity contribution in [2.75, 3.05) is 0 Å². The molecule has 1 aromatic heterocycles. The lowest BCUT2D eigenvalue weighted by Gasteiger charge is -1.97. The Kier molecular flexibility index (Phi) is 2.49. The number of nitrogens with one attached hydrogen (secondary N) is 1. The van der Waals surface area contributed by atoms with Crippen molar-refractivity contribution < 1.29 is 8.78 Å². The minimum Gasteiger partial charge on any atom is -0.344 e. The third kappa shape index (κ3) is 1.92. The molecule has 2 aromatic rings. The predicted molar refractivity (Wildman–Crippen MR) is 56.7 cm³/mol. The van der Waals surface area contributed by atoms with E-state index in [1.54, 1.807) is 6.20 Å². The number of hydrogen-bond acceptors (Lipinski definition) is 1. The number of benzene rings is 1. The number of hydrogen-bond donors (Lipinski definition) is 1. The van der Waals surface area contributed by atoms with Crippen LogP contribution >= 0.6 is 22.6 Å². The normalized spacial score (nSPS) is 10.5. The van der Waals surface area contributed by atoms with E-state index in [0.29, 0.717) is 11.4 Å². The summed E-state index contributed by atoms with van der Waals surface area (Å²) in [7, 11) is 0. The van der Waals surface area contributed by atoms with Crippen molar-refractivity contribution in [3.8, 4) is 11.4 Å². The first kappa shape index (κ1) is 9.57. The summed E-state index contributed by atoms with van der Waals surface area (Å²) in [4.78, 5) is 6.89. The Morgan fingerprint density at radius 2 is 1.79 bits per heavy atom. The number of H-pyrrole nitrogens is 1. The first-order chi connectivity index (χ1) is 6.65. The lowest BCUT2D eigenvalue weighted by Crippen LogP contribution is -1.85. The predicted octanol–water partition coefficient (Wildman–Crippen LogP) is 2.96. The zero-order chi connectivity index (χ0) is 10.1. The number of aromatic nitrogens is 2. The molecule has 0 atom stereocenters. The molecule has 1 aromatic carbocycles. The molecule has 0 amide bonds. The number of rotatable bonds is 1. The summed E-state index contributed by atoms with van der Waals surface area (Å²) < 4.78 is 26.4. The molecule has 0 radical (unpaired) electrons. The van der Waals surface area contributed by atoms with Gasteiger partial charge in [0.15, 0.2) is 0 Å². The highest BCUT2D eigenvalue weighted by molar-refractivity contribution is 14.1. The lowest BCUT2D eigenvalue weighted by atomic mass is 10.2. The van der Waals surface area contributed by atoms with E-state index in [0.717, 1.165) is 9.77 Å². The summed E-state index contributed by atoms with van der Waals surface area (Å²) in [6, 6.07) is 3.30. The molecular weight excluding hydrogens is 301 g/mol. The molecule has 14 heavy (non-hydrogen) atoms. The van der Waals surface area contributed by atoms with Crippen LogP contribution in [0.2, 0.25) is 0 Å². The van der Waals surface area contributed by atoms with Crippen molar-refractivity contribution in [3.63, 3.8) is 0 Å². The molecule has 0 aliphatic carbocycles. The molecule has 2 nitrogen and oxygen atoms in total. The zero-order valence-corrected chi connectivity index (χ0v) is 9.05. The third-order valence-corrected chi connectivity index (χ3v) is 2.24. The van der Waals surface area contributed by atoms with E-state index in [2.05, 4.69) is 9.97 Å². The van der Waals surface area contributed by atoms with E-state index in [1.165, 1.54) is 12.1 Å². The molecule has 0 aliphatic heterocycles. The molecule has 2 rings (SSSR count). The number of halogens is 3. The molecular formula is C9H5F2IN2. The summed E-state index contributed by atoms with van der Waals surface area (Å²) in [5.41, 5.74) is 0.408. The molecule has 0 saturated carbocycles. The Morgan fingerprint density at radius 3 is 2.29 bits per heavy atom. The van der Waals surface area contributed by atoms with E-state index in [9.17, 15) is 8.78 Å². The van der Waals surface area contributed by atoms with Crippen LogP contribution in [-0.2, 0) is 0 Å². The van der Waals surface area contributed by atoms with Gasteiger partial charge in [0, 0.05) is 17.8 Å². The van der Waals surface area contributed by atoms with Gasteiger partial charge in [-0.1, -0.05) is 0 Å². The summed E-state index contributed by atoms with van der Waals surface area (Å²) in [6.45, 7) is 0. The molecule has 0 bridgehead atoms. The Balaban J connectivity index is 2.51. The van der Waals surface area contributed by atoms with E-state index < -0.39 is 11.6 Å². The van der Waals surface area contributed by atoms with Crippen LogP contribution in [0, 0.1) is 15.3 Å². The fourth-order valence-electron chi connectivity index (χ4n) is 1.14. The van der Waals surface area contributed by atoms with Crippen LogP contribution in [0.4, 0.5) is 8.78 Å². The van der Waals surface area contributed by atoms with Gasteiger partial charge in [-0.2, -0.15) is 0 Å². The minimum absolute atomic E-state index is 0.408. The van der Waals surface area contributed by atoms with E-state index in [4.69, 9.17) is 0 Å². The summed E-state index contributed by atoms with van der Waals surface area (Å²) >= 11 is 2.01. The zero-order valence-electron chi connectivity index (χ0n) is 6.89.